The van der Waals surface area contributed by atoms with Crippen molar-refractivity contribution < 1.29 is 4.74 Å². The van der Waals surface area contributed by atoms with E-state index in [1.165, 1.54) is 5.57 Å². The summed E-state index contributed by atoms with van der Waals surface area (Å²) in [5.74, 6) is 1.73. The molecule has 0 saturated heterocycles. The molecule has 0 saturated carbocycles. The van der Waals surface area contributed by atoms with Crippen LogP contribution >= 0.6 is 11.6 Å². The second kappa shape index (κ2) is 5.31. The van der Waals surface area contributed by atoms with Crippen molar-refractivity contribution in [3.05, 3.63) is 58.6 Å². The van der Waals surface area contributed by atoms with Crippen LogP contribution in [0.2, 0.25) is 5.02 Å². The molecule has 0 aliphatic carbocycles. The third-order valence-corrected chi connectivity index (χ3v) is 3.48. The van der Waals surface area contributed by atoms with Crippen LogP contribution in [0.15, 0.2) is 42.5 Å². The zero-order valence-electron chi connectivity index (χ0n) is 11.6. The summed E-state index contributed by atoms with van der Waals surface area (Å²) in [6.07, 6.45) is 2.18. The first-order valence-electron chi connectivity index (χ1n) is 6.55. The molecule has 20 heavy (non-hydrogen) atoms. The van der Waals surface area contributed by atoms with Crippen molar-refractivity contribution in [1.82, 2.24) is 4.90 Å². The standard InChI is InChI=1S/C17H16ClNO/c1-19(2)11-13-9-12-5-3-4-6-16(12)20-17-8-7-14(18)10-15(13)17/h3-10H,11H2,1-2H3. The second-order valence-corrected chi connectivity index (χ2v) is 5.62. The highest BCUT2D eigenvalue weighted by Gasteiger charge is 2.17. The van der Waals surface area contributed by atoms with Gasteiger partial charge in [0.2, 0.25) is 0 Å². The SMILES string of the molecule is CN(C)CC1=Cc2ccccc2Oc2ccc(Cl)cc21. The Morgan fingerprint density at radius 3 is 2.65 bits per heavy atom. The van der Waals surface area contributed by atoms with Crippen LogP contribution in [0.5, 0.6) is 11.5 Å². The van der Waals surface area contributed by atoms with Crippen LogP contribution in [0.1, 0.15) is 11.1 Å². The average molecular weight is 286 g/mol. The number of ether oxygens (including phenoxy) is 1. The number of hydrogen-bond donors (Lipinski definition) is 0. The maximum atomic E-state index is 6.15. The normalized spacial score (nSPS) is 13.1. The van der Waals surface area contributed by atoms with E-state index in [2.05, 4.69) is 31.1 Å². The summed E-state index contributed by atoms with van der Waals surface area (Å²) in [5, 5.41) is 0.725. The van der Waals surface area contributed by atoms with Gasteiger partial charge >= 0.3 is 0 Å². The summed E-state index contributed by atoms with van der Waals surface area (Å²) >= 11 is 6.15. The van der Waals surface area contributed by atoms with E-state index in [0.717, 1.165) is 34.2 Å². The molecule has 0 atom stereocenters. The molecule has 2 aromatic carbocycles. The average Bonchev–Trinajstić information content (AvgIpc) is 2.55. The second-order valence-electron chi connectivity index (χ2n) is 5.19. The Morgan fingerprint density at radius 1 is 1.05 bits per heavy atom. The fourth-order valence-corrected chi connectivity index (χ4v) is 2.56. The smallest absolute Gasteiger partial charge is 0.135 e. The van der Waals surface area contributed by atoms with Gasteiger partial charge in [0.1, 0.15) is 11.5 Å². The Kier molecular flexibility index (Phi) is 3.51. The molecular formula is C17H16ClNO. The minimum absolute atomic E-state index is 0.725. The summed E-state index contributed by atoms with van der Waals surface area (Å²) in [6.45, 7) is 0.838. The third-order valence-electron chi connectivity index (χ3n) is 3.24. The zero-order valence-corrected chi connectivity index (χ0v) is 12.3. The van der Waals surface area contributed by atoms with Crippen molar-refractivity contribution in [3.63, 3.8) is 0 Å². The van der Waals surface area contributed by atoms with E-state index in [4.69, 9.17) is 16.3 Å². The Balaban J connectivity index is 2.19. The molecule has 1 aliphatic rings. The quantitative estimate of drug-likeness (QED) is 0.803. The fourth-order valence-electron chi connectivity index (χ4n) is 2.39. The Bertz CT molecular complexity index is 676. The number of hydrogen-bond acceptors (Lipinski definition) is 2. The van der Waals surface area contributed by atoms with Gasteiger partial charge in [0.25, 0.3) is 0 Å². The number of benzene rings is 2. The minimum atomic E-state index is 0.725. The van der Waals surface area contributed by atoms with Gasteiger partial charge in [-0.1, -0.05) is 29.8 Å². The molecule has 102 valence electrons. The highest BCUT2D eigenvalue weighted by Crippen LogP contribution is 2.39. The number of rotatable bonds is 2. The summed E-state index contributed by atoms with van der Waals surface area (Å²) < 4.78 is 6.04. The van der Waals surface area contributed by atoms with Crippen LogP contribution in [-0.2, 0) is 0 Å². The summed E-state index contributed by atoms with van der Waals surface area (Å²) in [5.41, 5.74) is 3.36. The Morgan fingerprint density at radius 2 is 1.85 bits per heavy atom. The summed E-state index contributed by atoms with van der Waals surface area (Å²) in [7, 11) is 4.12. The van der Waals surface area contributed by atoms with Crippen LogP contribution in [0, 0.1) is 0 Å². The van der Waals surface area contributed by atoms with E-state index in [0.29, 0.717) is 0 Å². The maximum Gasteiger partial charge on any atom is 0.135 e. The molecule has 0 fully saturated rings. The van der Waals surface area contributed by atoms with Crippen molar-refractivity contribution in [2.24, 2.45) is 0 Å². The van der Waals surface area contributed by atoms with E-state index in [-0.39, 0.29) is 0 Å². The summed E-state index contributed by atoms with van der Waals surface area (Å²) in [6, 6.07) is 13.8. The van der Waals surface area contributed by atoms with E-state index in [1.54, 1.807) is 0 Å². The first-order chi connectivity index (χ1) is 9.63. The van der Waals surface area contributed by atoms with Gasteiger partial charge in [-0.05, 0) is 50.0 Å². The number of nitrogens with zero attached hydrogens (tertiary/aromatic N) is 1. The number of likely N-dealkylation sites (N-methyl/N-ethyl adjacent to an activating group) is 1. The van der Waals surface area contributed by atoms with E-state index in [1.807, 2.05) is 36.4 Å². The predicted molar refractivity (Wildman–Crippen MR) is 84.4 cm³/mol. The Hall–Kier alpha value is -1.77. The van der Waals surface area contributed by atoms with Crippen molar-refractivity contribution in [2.75, 3.05) is 20.6 Å². The van der Waals surface area contributed by atoms with Gasteiger partial charge < -0.3 is 9.64 Å². The highest BCUT2D eigenvalue weighted by molar-refractivity contribution is 6.30. The van der Waals surface area contributed by atoms with Crippen LogP contribution < -0.4 is 4.74 Å². The molecule has 0 amide bonds. The zero-order chi connectivity index (χ0) is 14.1. The van der Waals surface area contributed by atoms with Gasteiger partial charge in [-0.15, -0.1) is 0 Å². The first-order valence-corrected chi connectivity index (χ1v) is 6.93. The van der Waals surface area contributed by atoms with Crippen molar-refractivity contribution in [1.29, 1.82) is 0 Å². The molecule has 1 heterocycles. The van der Waals surface area contributed by atoms with Crippen LogP contribution in [0.3, 0.4) is 0 Å². The lowest BCUT2D eigenvalue weighted by atomic mass is 10.0. The molecule has 1 aliphatic heterocycles. The van der Waals surface area contributed by atoms with Crippen molar-refractivity contribution >= 4 is 23.3 Å². The number of para-hydroxylation sites is 1. The molecule has 2 aromatic rings. The van der Waals surface area contributed by atoms with Crippen LogP contribution in [0.4, 0.5) is 0 Å². The lowest BCUT2D eigenvalue weighted by Crippen LogP contribution is -2.14. The largest absolute Gasteiger partial charge is 0.456 e. The van der Waals surface area contributed by atoms with Gasteiger partial charge in [-0.25, -0.2) is 0 Å². The third kappa shape index (κ3) is 2.58. The van der Waals surface area contributed by atoms with E-state index in [9.17, 15) is 0 Å². The molecule has 3 rings (SSSR count). The maximum absolute atomic E-state index is 6.15. The van der Waals surface area contributed by atoms with E-state index < -0.39 is 0 Å². The van der Waals surface area contributed by atoms with Crippen molar-refractivity contribution in [3.8, 4) is 11.5 Å². The minimum Gasteiger partial charge on any atom is -0.456 e. The molecular weight excluding hydrogens is 270 g/mol. The van der Waals surface area contributed by atoms with Crippen LogP contribution in [0.25, 0.3) is 11.6 Å². The predicted octanol–water partition coefficient (Wildman–Crippen LogP) is 4.55. The van der Waals surface area contributed by atoms with Gasteiger partial charge in [0, 0.05) is 22.7 Å². The molecule has 2 nitrogen and oxygen atoms in total. The molecule has 0 N–H and O–H groups in total. The highest BCUT2D eigenvalue weighted by atomic mass is 35.5. The molecule has 0 aromatic heterocycles. The van der Waals surface area contributed by atoms with Crippen LogP contribution in [-0.4, -0.2) is 25.5 Å². The monoisotopic (exact) mass is 285 g/mol. The number of halogens is 1. The first kappa shape index (κ1) is 13.2. The Labute approximate surface area is 124 Å². The topological polar surface area (TPSA) is 12.5 Å². The van der Waals surface area contributed by atoms with E-state index >= 15 is 0 Å². The van der Waals surface area contributed by atoms with Gasteiger partial charge in [0.05, 0.1) is 0 Å². The van der Waals surface area contributed by atoms with Gasteiger partial charge in [-0.3, -0.25) is 0 Å². The fraction of sp³-hybridized carbons (Fsp3) is 0.176. The number of fused-ring (bicyclic) bond motifs is 2. The lowest BCUT2D eigenvalue weighted by molar-refractivity contribution is 0.460. The molecule has 0 spiro atoms. The molecule has 0 bridgehead atoms. The van der Waals surface area contributed by atoms with Gasteiger partial charge in [0.15, 0.2) is 0 Å². The molecule has 0 unspecified atom stereocenters. The van der Waals surface area contributed by atoms with Gasteiger partial charge in [-0.2, -0.15) is 0 Å². The molecule has 0 radical (unpaired) electrons. The lowest BCUT2D eigenvalue weighted by Gasteiger charge is -2.15. The van der Waals surface area contributed by atoms with Crippen molar-refractivity contribution in [2.45, 2.75) is 0 Å². The summed E-state index contributed by atoms with van der Waals surface area (Å²) in [4.78, 5) is 2.14. The molecule has 3 heteroatoms.